The predicted octanol–water partition coefficient (Wildman–Crippen LogP) is 1.32. The van der Waals surface area contributed by atoms with Gasteiger partial charge in [-0.05, 0) is 24.6 Å². The summed E-state index contributed by atoms with van der Waals surface area (Å²) in [6, 6.07) is 5.98. The summed E-state index contributed by atoms with van der Waals surface area (Å²) in [4.78, 5) is 24.1. The van der Waals surface area contributed by atoms with Crippen LogP contribution in [0.4, 0.5) is 4.39 Å². The summed E-state index contributed by atoms with van der Waals surface area (Å²) >= 11 is 0. The lowest BCUT2D eigenvalue weighted by Gasteiger charge is -2.14. The number of aromatic nitrogens is 3. The molecule has 1 heterocycles. The van der Waals surface area contributed by atoms with Gasteiger partial charge in [0.1, 0.15) is 5.82 Å². The molecule has 0 fully saturated rings. The maximum Gasteiger partial charge on any atom is 0.305 e. The zero-order valence-corrected chi connectivity index (χ0v) is 12.9. The number of hydrogen-bond acceptors (Lipinski definition) is 4. The molecule has 0 unspecified atom stereocenters. The molecule has 1 N–H and O–H groups in total. The molecule has 0 radical (unpaired) electrons. The Morgan fingerprint density at radius 1 is 1.30 bits per heavy atom. The molecule has 1 aromatic heterocycles. The lowest BCUT2D eigenvalue weighted by molar-refractivity contribution is -0.137. The van der Waals surface area contributed by atoms with Gasteiger partial charge in [-0.3, -0.25) is 9.59 Å². The normalized spacial score (nSPS) is 10.6. The summed E-state index contributed by atoms with van der Waals surface area (Å²) < 4.78 is 14.5. The molecule has 0 atom stereocenters. The number of hydrogen-bond donors (Lipinski definition) is 1. The first-order valence-corrected chi connectivity index (χ1v) is 7.00. The van der Waals surface area contributed by atoms with E-state index in [1.54, 1.807) is 23.7 Å². The molecular formula is C15H17FN4O3. The van der Waals surface area contributed by atoms with Gasteiger partial charge in [-0.2, -0.15) is 0 Å². The van der Waals surface area contributed by atoms with Crippen LogP contribution < -0.4 is 0 Å². The molecule has 0 bridgehead atoms. The number of aliphatic carboxylic acids is 1. The van der Waals surface area contributed by atoms with E-state index in [2.05, 4.69) is 10.3 Å². The van der Waals surface area contributed by atoms with Gasteiger partial charge >= 0.3 is 5.97 Å². The number of carbonyl (C=O) groups is 2. The summed E-state index contributed by atoms with van der Waals surface area (Å²) in [6.45, 7) is 2.17. The SMILES string of the molecule is Cc1c(C(=O)N(C)CCC(=O)O)nnn1Cc1ccc(F)cc1. The molecule has 0 aliphatic heterocycles. The molecule has 1 aromatic carbocycles. The van der Waals surface area contributed by atoms with Crippen molar-refractivity contribution < 1.29 is 19.1 Å². The fraction of sp³-hybridized carbons (Fsp3) is 0.333. The average molecular weight is 320 g/mol. The first-order valence-electron chi connectivity index (χ1n) is 7.00. The van der Waals surface area contributed by atoms with Crippen LogP contribution in [-0.2, 0) is 11.3 Å². The Bertz CT molecular complexity index is 712. The van der Waals surface area contributed by atoms with Crippen LogP contribution in [0.3, 0.4) is 0 Å². The number of amides is 1. The highest BCUT2D eigenvalue weighted by atomic mass is 19.1. The van der Waals surface area contributed by atoms with Gasteiger partial charge in [0.05, 0.1) is 18.7 Å². The molecule has 2 aromatic rings. The van der Waals surface area contributed by atoms with Crippen molar-refractivity contribution in [2.45, 2.75) is 19.9 Å². The van der Waals surface area contributed by atoms with Crippen molar-refractivity contribution in [3.8, 4) is 0 Å². The number of carboxylic acid groups (broad SMARTS) is 1. The predicted molar refractivity (Wildman–Crippen MR) is 79.5 cm³/mol. The highest BCUT2D eigenvalue weighted by Crippen LogP contribution is 2.11. The van der Waals surface area contributed by atoms with Crippen LogP contribution in [-0.4, -0.2) is 50.5 Å². The molecule has 8 heteroatoms. The maximum absolute atomic E-state index is 12.9. The Balaban J connectivity index is 2.10. The standard InChI is InChI=1S/C15H17FN4O3/c1-10-14(15(23)19(2)8-7-13(21)22)17-18-20(10)9-11-3-5-12(16)6-4-11/h3-6H,7-9H2,1-2H3,(H,21,22). The van der Waals surface area contributed by atoms with E-state index in [9.17, 15) is 14.0 Å². The zero-order valence-electron chi connectivity index (χ0n) is 12.9. The Labute approximate surface area is 132 Å². The van der Waals surface area contributed by atoms with Crippen molar-refractivity contribution >= 4 is 11.9 Å². The van der Waals surface area contributed by atoms with Gasteiger partial charge in [0.2, 0.25) is 0 Å². The van der Waals surface area contributed by atoms with Gasteiger partial charge in [-0.15, -0.1) is 5.10 Å². The Hall–Kier alpha value is -2.77. The van der Waals surface area contributed by atoms with E-state index >= 15 is 0 Å². The summed E-state index contributed by atoms with van der Waals surface area (Å²) in [5.74, 6) is -1.67. The second kappa shape index (κ2) is 6.99. The van der Waals surface area contributed by atoms with E-state index in [0.717, 1.165) is 5.56 Å². The topological polar surface area (TPSA) is 88.3 Å². The van der Waals surface area contributed by atoms with Gasteiger partial charge in [0.25, 0.3) is 5.91 Å². The van der Waals surface area contributed by atoms with Crippen LogP contribution in [0, 0.1) is 12.7 Å². The van der Waals surface area contributed by atoms with Crippen molar-refractivity contribution in [3.05, 3.63) is 47.0 Å². The minimum absolute atomic E-state index is 0.0957. The third-order valence-electron chi connectivity index (χ3n) is 3.44. The van der Waals surface area contributed by atoms with E-state index in [4.69, 9.17) is 5.11 Å². The van der Waals surface area contributed by atoms with Crippen LogP contribution in [0.25, 0.3) is 0 Å². The smallest absolute Gasteiger partial charge is 0.305 e. The highest BCUT2D eigenvalue weighted by molar-refractivity contribution is 5.93. The second-order valence-electron chi connectivity index (χ2n) is 5.18. The first kappa shape index (κ1) is 16.6. The monoisotopic (exact) mass is 320 g/mol. The molecule has 0 spiro atoms. The largest absolute Gasteiger partial charge is 0.481 e. The van der Waals surface area contributed by atoms with E-state index in [1.165, 1.54) is 24.1 Å². The Morgan fingerprint density at radius 2 is 1.96 bits per heavy atom. The summed E-state index contributed by atoms with van der Waals surface area (Å²) in [6.07, 6.45) is -0.134. The van der Waals surface area contributed by atoms with Crippen LogP contribution in [0.5, 0.6) is 0 Å². The molecule has 0 saturated heterocycles. The number of carbonyl (C=O) groups excluding carboxylic acids is 1. The fourth-order valence-electron chi connectivity index (χ4n) is 2.02. The molecule has 122 valence electrons. The Morgan fingerprint density at radius 3 is 2.57 bits per heavy atom. The quantitative estimate of drug-likeness (QED) is 0.867. The summed E-state index contributed by atoms with van der Waals surface area (Å²) in [7, 11) is 1.52. The lowest BCUT2D eigenvalue weighted by Crippen LogP contribution is -2.30. The van der Waals surface area contributed by atoms with Crippen molar-refractivity contribution in [1.29, 1.82) is 0 Å². The van der Waals surface area contributed by atoms with E-state index in [-0.39, 0.29) is 30.4 Å². The van der Waals surface area contributed by atoms with Crippen molar-refractivity contribution in [2.24, 2.45) is 0 Å². The molecule has 7 nitrogen and oxygen atoms in total. The first-order chi connectivity index (χ1) is 10.9. The molecule has 23 heavy (non-hydrogen) atoms. The summed E-state index contributed by atoms with van der Waals surface area (Å²) in [5.41, 5.74) is 1.58. The third-order valence-corrected chi connectivity index (χ3v) is 3.44. The molecule has 0 aliphatic rings. The highest BCUT2D eigenvalue weighted by Gasteiger charge is 2.20. The molecule has 2 rings (SSSR count). The zero-order chi connectivity index (χ0) is 17.0. The minimum atomic E-state index is -0.971. The molecule has 0 saturated carbocycles. The van der Waals surface area contributed by atoms with E-state index in [0.29, 0.717) is 12.2 Å². The maximum atomic E-state index is 12.9. The van der Waals surface area contributed by atoms with Gasteiger partial charge in [-0.25, -0.2) is 9.07 Å². The van der Waals surface area contributed by atoms with Crippen LogP contribution in [0.1, 0.15) is 28.2 Å². The van der Waals surface area contributed by atoms with Gasteiger partial charge in [-0.1, -0.05) is 17.3 Å². The number of halogens is 1. The van der Waals surface area contributed by atoms with Crippen LogP contribution >= 0.6 is 0 Å². The number of nitrogens with zero attached hydrogens (tertiary/aromatic N) is 4. The van der Waals surface area contributed by atoms with Crippen molar-refractivity contribution in [1.82, 2.24) is 19.9 Å². The van der Waals surface area contributed by atoms with E-state index in [1.807, 2.05) is 0 Å². The Kier molecular flexibility index (Phi) is 5.05. The third kappa shape index (κ3) is 4.12. The second-order valence-corrected chi connectivity index (χ2v) is 5.18. The van der Waals surface area contributed by atoms with Crippen LogP contribution in [0.15, 0.2) is 24.3 Å². The van der Waals surface area contributed by atoms with Crippen LogP contribution in [0.2, 0.25) is 0 Å². The van der Waals surface area contributed by atoms with Crippen molar-refractivity contribution in [2.75, 3.05) is 13.6 Å². The summed E-state index contributed by atoms with van der Waals surface area (Å²) in [5, 5.41) is 16.5. The average Bonchev–Trinajstić information content (AvgIpc) is 2.87. The number of rotatable bonds is 6. The number of benzene rings is 1. The lowest BCUT2D eigenvalue weighted by atomic mass is 10.2. The molecule has 0 aliphatic carbocycles. The number of carboxylic acids is 1. The molecular weight excluding hydrogens is 303 g/mol. The van der Waals surface area contributed by atoms with E-state index < -0.39 is 5.97 Å². The van der Waals surface area contributed by atoms with Gasteiger partial charge in [0, 0.05) is 13.6 Å². The molecule has 1 amide bonds. The fourth-order valence-corrected chi connectivity index (χ4v) is 2.02. The van der Waals surface area contributed by atoms with Gasteiger partial charge < -0.3 is 10.0 Å². The minimum Gasteiger partial charge on any atom is -0.481 e. The van der Waals surface area contributed by atoms with Gasteiger partial charge in [0.15, 0.2) is 5.69 Å². The van der Waals surface area contributed by atoms with Crippen molar-refractivity contribution in [3.63, 3.8) is 0 Å².